The minimum atomic E-state index is -0.373. The zero-order valence-corrected chi connectivity index (χ0v) is 11.1. The highest BCUT2D eigenvalue weighted by molar-refractivity contribution is 6.06. The van der Waals surface area contributed by atoms with Gasteiger partial charge in [-0.1, -0.05) is 18.2 Å². The van der Waals surface area contributed by atoms with Crippen LogP contribution in [0.1, 0.15) is 15.9 Å². The van der Waals surface area contributed by atoms with E-state index in [1.165, 1.54) is 18.2 Å². The molecule has 0 radical (unpaired) electrons. The van der Waals surface area contributed by atoms with Crippen molar-refractivity contribution in [1.29, 1.82) is 5.26 Å². The van der Waals surface area contributed by atoms with Crippen molar-refractivity contribution >= 4 is 11.9 Å². The third-order valence-electron chi connectivity index (χ3n) is 2.76. The minimum absolute atomic E-state index is 0.0412. The molecule has 2 aromatic carbocycles. The fraction of sp³-hybridized carbons (Fsp3) is 0.0588. The maximum absolute atomic E-state index is 13.4. The minimum Gasteiger partial charge on any atom is -0.479 e. The lowest BCUT2D eigenvalue weighted by Crippen LogP contribution is -1.96. The number of nitriles is 1. The molecule has 0 aliphatic carbocycles. The Kier molecular flexibility index (Phi) is 4.84. The number of ketones is 1. The molecule has 2 aromatic rings. The van der Waals surface area contributed by atoms with Crippen molar-refractivity contribution in [1.82, 2.24) is 0 Å². The van der Waals surface area contributed by atoms with Crippen molar-refractivity contribution in [2.45, 2.75) is 0 Å². The van der Waals surface area contributed by atoms with E-state index in [2.05, 4.69) is 0 Å². The van der Waals surface area contributed by atoms with Crippen molar-refractivity contribution in [3.05, 3.63) is 71.6 Å². The monoisotopic (exact) mass is 281 g/mol. The van der Waals surface area contributed by atoms with Gasteiger partial charge in [0.2, 0.25) is 0 Å². The van der Waals surface area contributed by atoms with E-state index < -0.39 is 0 Å². The first-order valence-corrected chi connectivity index (χ1v) is 6.27. The number of allylic oxidation sites excluding steroid dienone is 1. The lowest BCUT2D eigenvalue weighted by atomic mass is 10.1. The average molecular weight is 281 g/mol. The van der Waals surface area contributed by atoms with Crippen LogP contribution in [0, 0.1) is 17.1 Å². The summed E-state index contributed by atoms with van der Waals surface area (Å²) in [5.41, 5.74) is 0.826. The highest BCUT2D eigenvalue weighted by Gasteiger charge is 2.03. The first kappa shape index (κ1) is 14.5. The molecule has 0 aliphatic rings. The van der Waals surface area contributed by atoms with Gasteiger partial charge in [-0.05, 0) is 42.5 Å². The summed E-state index contributed by atoms with van der Waals surface area (Å²) < 4.78 is 18.5. The molecule has 0 N–H and O–H groups in total. The van der Waals surface area contributed by atoms with Crippen LogP contribution in [0.4, 0.5) is 4.39 Å². The largest absolute Gasteiger partial charge is 0.479 e. The Morgan fingerprint density at radius 3 is 2.57 bits per heavy atom. The normalized spacial score (nSPS) is 10.3. The molecule has 21 heavy (non-hydrogen) atoms. The molecule has 0 bridgehead atoms. The smallest absolute Gasteiger partial charge is 0.185 e. The fourth-order valence-electron chi connectivity index (χ4n) is 1.70. The molecule has 104 valence electrons. The Balaban J connectivity index is 2.07. The highest BCUT2D eigenvalue weighted by atomic mass is 19.1. The van der Waals surface area contributed by atoms with Crippen LogP contribution in [0.2, 0.25) is 0 Å². The lowest BCUT2D eigenvalue weighted by molar-refractivity contribution is 0.104. The maximum Gasteiger partial charge on any atom is 0.185 e. The quantitative estimate of drug-likeness (QED) is 0.621. The second kappa shape index (κ2) is 7.01. The molecule has 0 saturated heterocycles. The SMILES string of the molecule is N#CCOc1ccc(C(=O)/C=C/c2ccccc2F)cc1. The van der Waals surface area contributed by atoms with Gasteiger partial charge in [0.05, 0.1) is 0 Å². The average Bonchev–Trinajstić information content (AvgIpc) is 2.52. The van der Waals surface area contributed by atoms with Crippen molar-refractivity contribution in [3.8, 4) is 11.8 Å². The molecule has 0 atom stereocenters. The van der Waals surface area contributed by atoms with Gasteiger partial charge >= 0.3 is 0 Å². The van der Waals surface area contributed by atoms with Crippen LogP contribution in [0.5, 0.6) is 5.75 Å². The van der Waals surface area contributed by atoms with E-state index in [9.17, 15) is 9.18 Å². The number of rotatable bonds is 5. The standard InChI is InChI=1S/C17H12FNO2/c18-16-4-2-1-3-13(16)7-10-17(20)14-5-8-15(9-6-14)21-12-11-19/h1-10H,12H2/b10-7+. The van der Waals surface area contributed by atoms with Crippen LogP contribution in [0.15, 0.2) is 54.6 Å². The van der Waals surface area contributed by atoms with E-state index in [0.29, 0.717) is 16.9 Å². The molecule has 3 nitrogen and oxygen atoms in total. The van der Waals surface area contributed by atoms with E-state index in [0.717, 1.165) is 0 Å². The van der Waals surface area contributed by atoms with Crippen molar-refractivity contribution in [2.75, 3.05) is 6.61 Å². The second-order valence-corrected chi connectivity index (χ2v) is 4.19. The predicted molar refractivity (Wildman–Crippen MR) is 77.3 cm³/mol. The number of ether oxygens (including phenoxy) is 1. The van der Waals surface area contributed by atoms with E-state index in [1.54, 1.807) is 42.5 Å². The van der Waals surface area contributed by atoms with E-state index in [4.69, 9.17) is 10.00 Å². The summed E-state index contributed by atoms with van der Waals surface area (Å²) >= 11 is 0. The summed E-state index contributed by atoms with van der Waals surface area (Å²) in [6.45, 7) is -0.0412. The molecule has 0 amide bonds. The van der Waals surface area contributed by atoms with Gasteiger partial charge in [0.15, 0.2) is 12.4 Å². The summed E-state index contributed by atoms with van der Waals surface area (Å²) in [7, 11) is 0. The molecular weight excluding hydrogens is 269 g/mol. The molecule has 0 fully saturated rings. The third-order valence-corrected chi connectivity index (χ3v) is 2.76. The van der Waals surface area contributed by atoms with Crippen LogP contribution in [-0.4, -0.2) is 12.4 Å². The molecule has 0 heterocycles. The van der Waals surface area contributed by atoms with Gasteiger partial charge < -0.3 is 4.74 Å². The second-order valence-electron chi connectivity index (χ2n) is 4.19. The van der Waals surface area contributed by atoms with E-state index in [1.807, 2.05) is 6.07 Å². The molecule has 0 aromatic heterocycles. The molecule has 4 heteroatoms. The Bertz CT molecular complexity index is 699. The number of carbonyl (C=O) groups is 1. The van der Waals surface area contributed by atoms with Gasteiger partial charge in [0.1, 0.15) is 17.6 Å². The fourth-order valence-corrected chi connectivity index (χ4v) is 1.70. The van der Waals surface area contributed by atoms with Gasteiger partial charge in [-0.25, -0.2) is 4.39 Å². The summed E-state index contributed by atoms with van der Waals surface area (Å²) in [5, 5.41) is 8.40. The Morgan fingerprint density at radius 2 is 1.90 bits per heavy atom. The third kappa shape index (κ3) is 4.02. The molecular formula is C17H12FNO2. The van der Waals surface area contributed by atoms with Crippen LogP contribution in [0.25, 0.3) is 6.08 Å². The van der Waals surface area contributed by atoms with Crippen LogP contribution < -0.4 is 4.74 Å². The predicted octanol–water partition coefficient (Wildman–Crippen LogP) is 3.62. The topological polar surface area (TPSA) is 50.1 Å². The zero-order valence-electron chi connectivity index (χ0n) is 11.1. The molecule has 0 unspecified atom stereocenters. The highest BCUT2D eigenvalue weighted by Crippen LogP contribution is 2.14. The number of halogens is 1. The van der Waals surface area contributed by atoms with Crippen molar-refractivity contribution < 1.29 is 13.9 Å². The Hall–Kier alpha value is -2.93. The number of hydrogen-bond acceptors (Lipinski definition) is 3. The summed E-state index contributed by atoms with van der Waals surface area (Å²) in [4.78, 5) is 12.0. The van der Waals surface area contributed by atoms with E-state index >= 15 is 0 Å². The van der Waals surface area contributed by atoms with Gasteiger partial charge in [0, 0.05) is 11.1 Å². The Morgan fingerprint density at radius 1 is 1.19 bits per heavy atom. The number of nitrogens with zero attached hydrogens (tertiary/aromatic N) is 1. The molecule has 2 rings (SSSR count). The number of hydrogen-bond donors (Lipinski definition) is 0. The van der Waals surface area contributed by atoms with Gasteiger partial charge in [-0.3, -0.25) is 4.79 Å². The summed E-state index contributed by atoms with van der Waals surface area (Å²) in [6.07, 6.45) is 2.77. The Labute approximate surface area is 121 Å². The molecule has 0 aliphatic heterocycles. The zero-order chi connectivity index (χ0) is 15.1. The van der Waals surface area contributed by atoms with Crippen molar-refractivity contribution in [2.24, 2.45) is 0 Å². The summed E-state index contributed by atoms with van der Waals surface area (Å²) in [5.74, 6) is -0.0851. The lowest BCUT2D eigenvalue weighted by Gasteiger charge is -2.02. The number of carbonyl (C=O) groups excluding carboxylic acids is 1. The molecule has 0 saturated carbocycles. The van der Waals surface area contributed by atoms with Gasteiger partial charge in [0.25, 0.3) is 0 Å². The number of benzene rings is 2. The first-order valence-electron chi connectivity index (χ1n) is 6.27. The van der Waals surface area contributed by atoms with Crippen LogP contribution in [-0.2, 0) is 0 Å². The van der Waals surface area contributed by atoms with Gasteiger partial charge in [-0.2, -0.15) is 5.26 Å². The summed E-state index contributed by atoms with van der Waals surface area (Å²) in [6, 6.07) is 14.5. The van der Waals surface area contributed by atoms with Gasteiger partial charge in [-0.15, -0.1) is 0 Å². The molecule has 0 spiro atoms. The van der Waals surface area contributed by atoms with Crippen LogP contribution in [0.3, 0.4) is 0 Å². The van der Waals surface area contributed by atoms with Crippen molar-refractivity contribution in [3.63, 3.8) is 0 Å². The van der Waals surface area contributed by atoms with Crippen LogP contribution >= 0.6 is 0 Å². The first-order chi connectivity index (χ1) is 10.2. The maximum atomic E-state index is 13.4. The van der Waals surface area contributed by atoms with E-state index in [-0.39, 0.29) is 18.2 Å².